The zero-order valence-corrected chi connectivity index (χ0v) is 11.9. The van der Waals surface area contributed by atoms with Crippen LogP contribution in [-0.2, 0) is 11.4 Å². The summed E-state index contributed by atoms with van der Waals surface area (Å²) < 4.78 is 12.7. The summed E-state index contributed by atoms with van der Waals surface area (Å²) in [6, 6.07) is 9.61. The van der Waals surface area contributed by atoms with E-state index in [2.05, 4.69) is 5.16 Å². The van der Waals surface area contributed by atoms with Crippen LogP contribution in [0, 0.1) is 28.5 Å². The predicted octanol–water partition coefficient (Wildman–Crippen LogP) is 2.58. The fourth-order valence-corrected chi connectivity index (χ4v) is 1.53. The van der Waals surface area contributed by atoms with Crippen LogP contribution < -0.4 is 0 Å². The van der Waals surface area contributed by atoms with E-state index < -0.39 is 0 Å². The molecule has 0 aliphatic carbocycles. The first kappa shape index (κ1) is 16.2. The zero-order valence-electron chi connectivity index (χ0n) is 11.9. The molecule has 0 bridgehead atoms. The molecular weight excluding hydrogens is 271 g/mol. The van der Waals surface area contributed by atoms with Gasteiger partial charge in [-0.05, 0) is 17.7 Å². The lowest BCUT2D eigenvalue weighted by Gasteiger charge is -2.14. The van der Waals surface area contributed by atoms with E-state index in [1.54, 1.807) is 31.1 Å². The molecule has 0 unspecified atom stereocenters. The average Bonchev–Trinajstić information content (AvgIpc) is 2.47. The molecule has 0 radical (unpaired) electrons. The highest BCUT2D eigenvalue weighted by molar-refractivity contribution is 5.62. The van der Waals surface area contributed by atoms with Crippen LogP contribution in [0.1, 0.15) is 12.0 Å². The SMILES string of the molecule is CN(C)C(CC=NOCc1ccc(F)cc1)=C(C#N)C#N. The third-order valence-electron chi connectivity index (χ3n) is 2.63. The molecule has 1 aromatic carbocycles. The van der Waals surface area contributed by atoms with Crippen LogP contribution in [-0.4, -0.2) is 25.2 Å². The molecule has 0 aliphatic heterocycles. The Bertz CT molecular complexity index is 590. The summed E-state index contributed by atoms with van der Waals surface area (Å²) in [6.07, 6.45) is 1.79. The molecule has 6 heteroatoms. The number of nitrogens with zero attached hydrogens (tertiary/aromatic N) is 4. The van der Waals surface area contributed by atoms with Gasteiger partial charge in [-0.15, -0.1) is 0 Å². The van der Waals surface area contributed by atoms with Crippen LogP contribution in [0.5, 0.6) is 0 Å². The molecule has 21 heavy (non-hydrogen) atoms. The Hall–Kier alpha value is -2.86. The number of hydrogen-bond acceptors (Lipinski definition) is 5. The summed E-state index contributed by atoms with van der Waals surface area (Å²) in [4.78, 5) is 6.77. The molecule has 0 saturated carbocycles. The summed E-state index contributed by atoms with van der Waals surface area (Å²) in [5.74, 6) is -0.302. The fourth-order valence-electron chi connectivity index (χ4n) is 1.53. The van der Waals surface area contributed by atoms with Gasteiger partial charge in [0, 0.05) is 32.4 Å². The summed E-state index contributed by atoms with van der Waals surface area (Å²) in [5.41, 5.74) is 1.41. The molecule has 0 aromatic heterocycles. The van der Waals surface area contributed by atoms with E-state index in [1.165, 1.54) is 18.3 Å². The molecule has 0 aliphatic rings. The monoisotopic (exact) mass is 286 g/mol. The number of allylic oxidation sites excluding steroid dienone is 2. The van der Waals surface area contributed by atoms with E-state index in [0.717, 1.165) is 5.56 Å². The first-order valence-electron chi connectivity index (χ1n) is 6.17. The molecule has 0 spiro atoms. The summed E-state index contributed by atoms with van der Waals surface area (Å²) >= 11 is 0. The highest BCUT2D eigenvalue weighted by Crippen LogP contribution is 2.09. The van der Waals surface area contributed by atoms with Crippen molar-refractivity contribution < 1.29 is 9.23 Å². The van der Waals surface area contributed by atoms with Gasteiger partial charge in [-0.2, -0.15) is 10.5 Å². The Morgan fingerprint density at radius 3 is 2.43 bits per heavy atom. The quantitative estimate of drug-likeness (QED) is 0.458. The molecule has 0 amide bonds. The van der Waals surface area contributed by atoms with Gasteiger partial charge in [0.2, 0.25) is 0 Å². The number of oxime groups is 1. The molecular formula is C15H15FN4O. The van der Waals surface area contributed by atoms with Crippen LogP contribution in [0.2, 0.25) is 0 Å². The molecule has 0 heterocycles. The highest BCUT2D eigenvalue weighted by atomic mass is 19.1. The van der Waals surface area contributed by atoms with Crippen LogP contribution in [0.15, 0.2) is 40.7 Å². The topological polar surface area (TPSA) is 72.4 Å². The first-order chi connectivity index (χ1) is 10.1. The normalized spacial score (nSPS) is 9.76. The summed E-state index contributed by atoms with van der Waals surface area (Å²) in [6.45, 7) is 0.223. The smallest absolute Gasteiger partial charge is 0.149 e. The molecule has 5 nitrogen and oxygen atoms in total. The predicted molar refractivity (Wildman–Crippen MR) is 76.2 cm³/mol. The van der Waals surface area contributed by atoms with Crippen molar-refractivity contribution in [1.29, 1.82) is 10.5 Å². The third-order valence-corrected chi connectivity index (χ3v) is 2.63. The van der Waals surface area contributed by atoms with Crippen molar-refractivity contribution in [2.45, 2.75) is 13.0 Å². The van der Waals surface area contributed by atoms with E-state index in [0.29, 0.717) is 12.1 Å². The lowest BCUT2D eigenvalue weighted by Crippen LogP contribution is -2.13. The standard InChI is InChI=1S/C15H15FN4O/c1-20(2)15(13(9-17)10-18)7-8-19-21-11-12-3-5-14(16)6-4-12/h3-6,8H,7,11H2,1-2H3. The Morgan fingerprint density at radius 1 is 1.29 bits per heavy atom. The average molecular weight is 286 g/mol. The largest absolute Gasteiger partial charge is 0.391 e. The first-order valence-corrected chi connectivity index (χ1v) is 6.17. The van der Waals surface area contributed by atoms with Gasteiger partial charge < -0.3 is 9.74 Å². The second-order valence-electron chi connectivity index (χ2n) is 4.33. The molecule has 108 valence electrons. The van der Waals surface area contributed by atoms with Crippen molar-refractivity contribution in [3.63, 3.8) is 0 Å². The number of rotatable bonds is 6. The van der Waals surface area contributed by atoms with Gasteiger partial charge in [0.1, 0.15) is 30.1 Å². The highest BCUT2D eigenvalue weighted by Gasteiger charge is 2.07. The van der Waals surface area contributed by atoms with Crippen LogP contribution in [0.3, 0.4) is 0 Å². The molecule has 1 rings (SSSR count). The Balaban J connectivity index is 2.54. The third kappa shape index (κ3) is 5.33. The van der Waals surface area contributed by atoms with Crippen molar-refractivity contribution in [3.8, 4) is 12.1 Å². The minimum atomic E-state index is -0.302. The van der Waals surface area contributed by atoms with E-state index in [9.17, 15) is 4.39 Å². The van der Waals surface area contributed by atoms with E-state index in [-0.39, 0.29) is 18.0 Å². The maximum Gasteiger partial charge on any atom is 0.149 e. The van der Waals surface area contributed by atoms with Crippen molar-refractivity contribution in [2.24, 2.45) is 5.16 Å². The molecule has 0 saturated heterocycles. The van der Waals surface area contributed by atoms with Gasteiger partial charge in [0.25, 0.3) is 0 Å². The Morgan fingerprint density at radius 2 is 1.90 bits per heavy atom. The lowest BCUT2D eigenvalue weighted by molar-refractivity contribution is 0.131. The van der Waals surface area contributed by atoms with Crippen LogP contribution in [0.25, 0.3) is 0 Å². The molecule has 0 fully saturated rings. The minimum absolute atomic E-state index is 0.0463. The maximum atomic E-state index is 12.7. The Kier molecular flexibility index (Phi) is 6.43. The van der Waals surface area contributed by atoms with Gasteiger partial charge in [0.15, 0.2) is 0 Å². The lowest BCUT2D eigenvalue weighted by atomic mass is 10.2. The van der Waals surface area contributed by atoms with Crippen LogP contribution in [0.4, 0.5) is 4.39 Å². The fraction of sp³-hybridized carbons (Fsp3) is 0.267. The van der Waals surface area contributed by atoms with E-state index in [1.807, 2.05) is 12.1 Å². The van der Waals surface area contributed by atoms with E-state index in [4.69, 9.17) is 15.4 Å². The zero-order chi connectivity index (χ0) is 15.7. The van der Waals surface area contributed by atoms with Crippen molar-refractivity contribution >= 4 is 6.21 Å². The molecule has 0 N–H and O–H groups in total. The number of nitriles is 2. The number of hydrogen-bond donors (Lipinski definition) is 0. The minimum Gasteiger partial charge on any atom is -0.391 e. The van der Waals surface area contributed by atoms with Crippen molar-refractivity contribution in [2.75, 3.05) is 14.1 Å². The molecule has 1 aromatic rings. The van der Waals surface area contributed by atoms with Gasteiger partial charge in [-0.1, -0.05) is 17.3 Å². The van der Waals surface area contributed by atoms with Gasteiger partial charge >= 0.3 is 0 Å². The Labute approximate surface area is 123 Å². The van der Waals surface area contributed by atoms with Crippen LogP contribution >= 0.6 is 0 Å². The number of benzene rings is 1. The second-order valence-corrected chi connectivity index (χ2v) is 4.33. The maximum absolute atomic E-state index is 12.7. The summed E-state index contributed by atoms with van der Waals surface area (Å²) in [7, 11) is 3.49. The van der Waals surface area contributed by atoms with Crippen molar-refractivity contribution in [3.05, 3.63) is 46.9 Å². The van der Waals surface area contributed by atoms with Crippen molar-refractivity contribution in [1.82, 2.24) is 4.90 Å². The van der Waals surface area contributed by atoms with Gasteiger partial charge in [-0.25, -0.2) is 4.39 Å². The van der Waals surface area contributed by atoms with E-state index >= 15 is 0 Å². The van der Waals surface area contributed by atoms with Gasteiger partial charge in [0.05, 0.1) is 0 Å². The number of halogens is 1. The summed E-state index contributed by atoms with van der Waals surface area (Å²) in [5, 5.41) is 21.5. The molecule has 0 atom stereocenters. The second kappa shape index (κ2) is 8.34. The van der Waals surface area contributed by atoms with Gasteiger partial charge in [-0.3, -0.25) is 0 Å².